The number of hydrogen-bond acceptors (Lipinski definition) is 5. The fourth-order valence-electron chi connectivity index (χ4n) is 2.67. The van der Waals surface area contributed by atoms with Crippen molar-refractivity contribution in [2.45, 2.75) is 13.0 Å². The molecule has 2 N–H and O–H groups in total. The number of carbonyl (C=O) groups is 3. The van der Waals surface area contributed by atoms with Crippen LogP contribution in [0.2, 0.25) is 5.02 Å². The van der Waals surface area contributed by atoms with Crippen LogP contribution < -0.4 is 20.3 Å². The van der Waals surface area contributed by atoms with Gasteiger partial charge in [-0.25, -0.2) is 4.39 Å². The number of hydrogen-bond donors (Lipinski definition) is 2. The van der Waals surface area contributed by atoms with Crippen molar-refractivity contribution in [3.05, 3.63) is 94.8 Å². The lowest BCUT2D eigenvalue weighted by Gasteiger charge is -2.15. The van der Waals surface area contributed by atoms with E-state index in [1.165, 1.54) is 25.1 Å². The van der Waals surface area contributed by atoms with Gasteiger partial charge in [-0.05, 0) is 67.6 Å². The molecule has 0 aromatic heterocycles. The lowest BCUT2D eigenvalue weighted by Crippen LogP contribution is -2.48. The molecule has 0 saturated heterocycles. The molecule has 33 heavy (non-hydrogen) atoms. The molecule has 7 nitrogen and oxygen atoms in total. The van der Waals surface area contributed by atoms with Gasteiger partial charge in [0.15, 0.2) is 30.1 Å². The first-order valence-corrected chi connectivity index (χ1v) is 10.2. The summed E-state index contributed by atoms with van der Waals surface area (Å²) in [6, 6.07) is 18.5. The number of halogens is 2. The molecule has 0 heterocycles. The Balaban J connectivity index is 1.44. The van der Waals surface area contributed by atoms with Crippen molar-refractivity contribution in [1.82, 2.24) is 10.9 Å². The molecule has 1 atom stereocenters. The molecule has 0 aliphatic carbocycles. The van der Waals surface area contributed by atoms with Gasteiger partial charge >= 0.3 is 0 Å². The summed E-state index contributed by atoms with van der Waals surface area (Å²) >= 11 is 5.83. The fourth-order valence-corrected chi connectivity index (χ4v) is 2.80. The van der Waals surface area contributed by atoms with Gasteiger partial charge in [0.25, 0.3) is 11.8 Å². The third-order valence-corrected chi connectivity index (χ3v) is 4.68. The number of amides is 2. The first kappa shape index (κ1) is 23.7. The van der Waals surface area contributed by atoms with Crippen LogP contribution in [-0.2, 0) is 9.59 Å². The lowest BCUT2D eigenvalue weighted by molar-refractivity contribution is -0.133. The van der Waals surface area contributed by atoms with Crippen molar-refractivity contribution in [3.63, 3.8) is 0 Å². The molecule has 0 bridgehead atoms. The molecule has 0 spiro atoms. The van der Waals surface area contributed by atoms with E-state index in [1.807, 2.05) is 0 Å². The van der Waals surface area contributed by atoms with Gasteiger partial charge in [-0.2, -0.15) is 0 Å². The smallest absolute Gasteiger partial charge is 0.279 e. The molecule has 2 amide bonds. The van der Waals surface area contributed by atoms with Gasteiger partial charge in [0.05, 0.1) is 0 Å². The minimum Gasteiger partial charge on any atom is -0.484 e. The summed E-state index contributed by atoms with van der Waals surface area (Å²) in [4.78, 5) is 36.4. The summed E-state index contributed by atoms with van der Waals surface area (Å²) in [5.74, 6) is -1.78. The van der Waals surface area contributed by atoms with Crippen molar-refractivity contribution in [1.29, 1.82) is 0 Å². The topological polar surface area (TPSA) is 93.7 Å². The van der Waals surface area contributed by atoms with Crippen LogP contribution in [0.25, 0.3) is 0 Å². The fraction of sp³-hybridized carbons (Fsp3) is 0.125. The van der Waals surface area contributed by atoms with Crippen LogP contribution in [0.4, 0.5) is 4.39 Å². The summed E-state index contributed by atoms with van der Waals surface area (Å²) in [5.41, 5.74) is 5.32. The van der Waals surface area contributed by atoms with Crippen LogP contribution in [-0.4, -0.2) is 30.3 Å². The monoisotopic (exact) mass is 470 g/mol. The molecule has 0 aliphatic heterocycles. The van der Waals surface area contributed by atoms with E-state index >= 15 is 0 Å². The van der Waals surface area contributed by atoms with Crippen LogP contribution in [0.3, 0.4) is 0 Å². The zero-order valence-corrected chi connectivity index (χ0v) is 18.3. The molecule has 0 saturated carbocycles. The maximum absolute atomic E-state index is 13.6. The SMILES string of the molecule is CC(Oc1ccccc1F)C(=O)NNC(=O)COc1ccc(C(=O)c2ccc(Cl)cc2)cc1. The van der Waals surface area contributed by atoms with Crippen LogP contribution in [0.1, 0.15) is 22.8 Å². The molecule has 3 aromatic carbocycles. The Morgan fingerprint density at radius 1 is 0.909 bits per heavy atom. The van der Waals surface area contributed by atoms with Crippen molar-refractivity contribution in [3.8, 4) is 11.5 Å². The summed E-state index contributed by atoms with van der Waals surface area (Å²) in [5, 5.41) is 0.539. The van der Waals surface area contributed by atoms with Gasteiger partial charge in [0, 0.05) is 16.1 Å². The highest BCUT2D eigenvalue weighted by Crippen LogP contribution is 2.18. The van der Waals surface area contributed by atoms with E-state index in [0.29, 0.717) is 21.9 Å². The Morgan fingerprint density at radius 2 is 1.52 bits per heavy atom. The second kappa shape index (κ2) is 11.1. The molecule has 3 aromatic rings. The zero-order valence-electron chi connectivity index (χ0n) is 17.5. The average Bonchev–Trinajstić information content (AvgIpc) is 2.83. The van der Waals surface area contributed by atoms with E-state index < -0.39 is 23.7 Å². The average molecular weight is 471 g/mol. The minimum absolute atomic E-state index is 0.0761. The van der Waals surface area contributed by atoms with Crippen molar-refractivity contribution < 1.29 is 28.2 Å². The third kappa shape index (κ3) is 6.78. The van der Waals surface area contributed by atoms with Gasteiger partial charge < -0.3 is 9.47 Å². The highest BCUT2D eigenvalue weighted by atomic mass is 35.5. The zero-order chi connectivity index (χ0) is 23.8. The number of benzene rings is 3. The van der Waals surface area contributed by atoms with Gasteiger partial charge in [-0.1, -0.05) is 23.7 Å². The second-order valence-electron chi connectivity index (χ2n) is 6.88. The maximum atomic E-state index is 13.6. The molecule has 0 radical (unpaired) electrons. The molecule has 0 aliphatic rings. The van der Waals surface area contributed by atoms with Gasteiger partial charge in [0.2, 0.25) is 0 Å². The molecule has 0 fully saturated rings. The highest BCUT2D eigenvalue weighted by molar-refractivity contribution is 6.30. The van der Waals surface area contributed by atoms with Crippen molar-refractivity contribution in [2.75, 3.05) is 6.61 Å². The number of carbonyl (C=O) groups excluding carboxylic acids is 3. The first-order chi connectivity index (χ1) is 15.8. The predicted octanol–water partition coefficient (Wildman–Crippen LogP) is 3.70. The molecule has 170 valence electrons. The summed E-state index contributed by atoms with van der Waals surface area (Å²) < 4.78 is 24.2. The van der Waals surface area contributed by atoms with Crippen molar-refractivity contribution >= 4 is 29.2 Å². The third-order valence-electron chi connectivity index (χ3n) is 4.43. The minimum atomic E-state index is -1.05. The second-order valence-corrected chi connectivity index (χ2v) is 7.31. The van der Waals surface area contributed by atoms with Crippen LogP contribution in [0, 0.1) is 5.82 Å². The van der Waals surface area contributed by atoms with Crippen LogP contribution in [0.15, 0.2) is 72.8 Å². The molecular weight excluding hydrogens is 451 g/mol. The maximum Gasteiger partial charge on any atom is 0.279 e. The summed E-state index contributed by atoms with van der Waals surface area (Å²) in [7, 11) is 0. The number of hydrazine groups is 1. The van der Waals surface area contributed by atoms with E-state index in [4.69, 9.17) is 21.1 Å². The lowest BCUT2D eigenvalue weighted by atomic mass is 10.0. The van der Waals surface area contributed by atoms with E-state index in [-0.39, 0.29) is 18.1 Å². The standard InChI is InChI=1S/C24H20ClFN2O5/c1-15(33-21-5-3-2-4-20(21)26)24(31)28-27-22(29)14-32-19-12-8-17(9-13-19)23(30)16-6-10-18(25)11-7-16/h2-13,15H,14H2,1H3,(H,27,29)(H,28,31). The molecule has 3 rings (SSSR count). The van der Waals surface area contributed by atoms with E-state index in [9.17, 15) is 18.8 Å². The Bertz CT molecular complexity index is 1140. The first-order valence-electron chi connectivity index (χ1n) is 9.86. The molecule has 1 unspecified atom stereocenters. The van der Waals surface area contributed by atoms with E-state index in [1.54, 1.807) is 54.6 Å². The highest BCUT2D eigenvalue weighted by Gasteiger charge is 2.17. The van der Waals surface area contributed by atoms with Crippen molar-refractivity contribution in [2.24, 2.45) is 0 Å². The Labute approximate surface area is 194 Å². The van der Waals surface area contributed by atoms with E-state index in [2.05, 4.69) is 10.9 Å². The summed E-state index contributed by atoms with van der Waals surface area (Å²) in [6.07, 6.45) is -1.05. The Kier molecular flexibility index (Phi) is 7.99. The predicted molar refractivity (Wildman–Crippen MR) is 120 cm³/mol. The van der Waals surface area contributed by atoms with Crippen LogP contribution >= 0.6 is 11.6 Å². The van der Waals surface area contributed by atoms with Crippen LogP contribution in [0.5, 0.6) is 11.5 Å². The largest absolute Gasteiger partial charge is 0.484 e. The number of rotatable bonds is 8. The van der Waals surface area contributed by atoms with Gasteiger partial charge in [0.1, 0.15) is 5.75 Å². The molecule has 9 heteroatoms. The quantitative estimate of drug-likeness (QED) is 0.387. The summed E-state index contributed by atoms with van der Waals surface area (Å²) in [6.45, 7) is 1.03. The number of ketones is 1. The van der Waals surface area contributed by atoms with E-state index in [0.717, 1.165) is 0 Å². The van der Waals surface area contributed by atoms with Gasteiger partial charge in [-0.15, -0.1) is 0 Å². The molecular formula is C24H20ClFN2O5. The number of nitrogens with one attached hydrogen (secondary N) is 2. The number of para-hydroxylation sites is 1. The Morgan fingerprint density at radius 3 is 2.15 bits per heavy atom. The number of ether oxygens (including phenoxy) is 2. The normalized spacial score (nSPS) is 11.2. The van der Waals surface area contributed by atoms with Gasteiger partial charge in [-0.3, -0.25) is 25.2 Å². The Hall–Kier alpha value is -3.91.